The zero-order chi connectivity index (χ0) is 15.3. The van der Waals surface area contributed by atoms with E-state index in [1.807, 2.05) is 26.2 Å². The predicted molar refractivity (Wildman–Crippen MR) is 77.7 cm³/mol. The second kappa shape index (κ2) is 6.69. The molecule has 0 saturated heterocycles. The number of carbonyl (C=O) groups is 2. The van der Waals surface area contributed by atoms with E-state index < -0.39 is 23.6 Å². The number of carboxylic acid groups (broad SMARTS) is 1. The Labute approximate surface area is 122 Å². The zero-order valence-corrected chi connectivity index (χ0v) is 13.0. The van der Waals surface area contributed by atoms with Gasteiger partial charge < -0.3 is 15.7 Å². The molecule has 0 aromatic carbocycles. The Morgan fingerprint density at radius 2 is 2.15 bits per heavy atom. The molecule has 1 rings (SSSR count). The number of rotatable bonds is 6. The van der Waals surface area contributed by atoms with Crippen LogP contribution in [0.2, 0.25) is 0 Å². The van der Waals surface area contributed by atoms with Gasteiger partial charge in [-0.2, -0.15) is 0 Å². The highest BCUT2D eigenvalue weighted by Crippen LogP contribution is 2.21. The Hall–Kier alpha value is -1.63. The van der Waals surface area contributed by atoms with E-state index in [0.717, 1.165) is 5.01 Å². The van der Waals surface area contributed by atoms with E-state index in [1.54, 1.807) is 13.1 Å². The highest BCUT2D eigenvalue weighted by Gasteiger charge is 2.29. The van der Waals surface area contributed by atoms with Crippen LogP contribution in [-0.4, -0.2) is 28.1 Å². The van der Waals surface area contributed by atoms with Crippen molar-refractivity contribution in [3.05, 3.63) is 16.6 Å². The molecule has 0 aliphatic heterocycles. The average Bonchev–Trinajstić information content (AvgIpc) is 2.88. The molecule has 2 amide bonds. The number of urea groups is 1. The third-order valence-corrected chi connectivity index (χ3v) is 4.26. The SMILES string of the molecule is CC[C@H](C)[C@H](NC(=O)NC(C)(C)c1nccs1)C(=O)O. The van der Waals surface area contributed by atoms with E-state index in [2.05, 4.69) is 15.6 Å². The Kier molecular flexibility index (Phi) is 5.50. The van der Waals surface area contributed by atoms with Gasteiger partial charge in [-0.3, -0.25) is 0 Å². The van der Waals surface area contributed by atoms with Crippen LogP contribution in [0.5, 0.6) is 0 Å². The number of nitrogens with one attached hydrogen (secondary N) is 2. The van der Waals surface area contributed by atoms with Gasteiger partial charge >= 0.3 is 12.0 Å². The van der Waals surface area contributed by atoms with Crippen LogP contribution in [0.4, 0.5) is 4.79 Å². The lowest BCUT2D eigenvalue weighted by atomic mass is 9.99. The average molecular weight is 299 g/mol. The number of carbonyl (C=O) groups excluding carboxylic acids is 1. The standard InChI is InChI=1S/C13H21N3O3S/c1-5-8(2)9(10(17)18)15-12(19)16-13(3,4)11-14-6-7-20-11/h6-9H,5H2,1-4H3,(H,17,18)(H2,15,16,19)/t8-,9-/m0/s1. The molecule has 7 heteroatoms. The highest BCUT2D eigenvalue weighted by molar-refractivity contribution is 7.09. The normalized spacial score (nSPS) is 14.4. The first-order valence-corrected chi connectivity index (χ1v) is 7.37. The Bertz CT molecular complexity index is 459. The number of aliphatic carboxylic acids is 1. The number of hydrogen-bond acceptors (Lipinski definition) is 4. The third-order valence-electron chi connectivity index (χ3n) is 3.16. The second-order valence-electron chi connectivity index (χ2n) is 5.26. The molecule has 0 aliphatic carbocycles. The lowest BCUT2D eigenvalue weighted by Gasteiger charge is -2.26. The van der Waals surface area contributed by atoms with E-state index in [1.165, 1.54) is 11.3 Å². The molecule has 0 bridgehead atoms. The number of thiazole rings is 1. The maximum atomic E-state index is 12.0. The topological polar surface area (TPSA) is 91.3 Å². The van der Waals surface area contributed by atoms with Gasteiger partial charge in [-0.05, 0) is 19.8 Å². The first-order chi connectivity index (χ1) is 9.27. The summed E-state index contributed by atoms with van der Waals surface area (Å²) in [5.41, 5.74) is -0.642. The molecule has 1 aromatic rings. The van der Waals surface area contributed by atoms with Crippen molar-refractivity contribution in [2.45, 2.75) is 45.7 Å². The van der Waals surface area contributed by atoms with Gasteiger partial charge in [0.2, 0.25) is 0 Å². The number of nitrogens with zero attached hydrogens (tertiary/aromatic N) is 1. The zero-order valence-electron chi connectivity index (χ0n) is 12.1. The van der Waals surface area contributed by atoms with Crippen LogP contribution in [0, 0.1) is 5.92 Å². The molecule has 0 radical (unpaired) electrons. The molecule has 0 unspecified atom stereocenters. The van der Waals surface area contributed by atoms with Gasteiger partial charge in [0, 0.05) is 11.6 Å². The van der Waals surface area contributed by atoms with Crippen molar-refractivity contribution in [2.24, 2.45) is 5.92 Å². The lowest BCUT2D eigenvalue weighted by Crippen LogP contribution is -2.53. The van der Waals surface area contributed by atoms with Crippen molar-refractivity contribution in [2.75, 3.05) is 0 Å². The minimum atomic E-state index is -1.03. The van der Waals surface area contributed by atoms with Gasteiger partial charge in [0.15, 0.2) is 0 Å². The fourth-order valence-electron chi connectivity index (χ4n) is 1.73. The monoisotopic (exact) mass is 299 g/mol. The van der Waals surface area contributed by atoms with Crippen LogP contribution in [0.1, 0.15) is 39.1 Å². The molecule has 1 heterocycles. The number of amides is 2. The Morgan fingerprint density at radius 1 is 1.50 bits per heavy atom. The van der Waals surface area contributed by atoms with E-state index in [9.17, 15) is 9.59 Å². The summed E-state index contributed by atoms with van der Waals surface area (Å²) in [5.74, 6) is -1.16. The quantitative estimate of drug-likeness (QED) is 0.750. The minimum absolute atomic E-state index is 0.138. The molecule has 20 heavy (non-hydrogen) atoms. The fourth-order valence-corrected chi connectivity index (χ4v) is 2.45. The summed E-state index contributed by atoms with van der Waals surface area (Å²) >= 11 is 1.44. The van der Waals surface area contributed by atoms with Crippen molar-refractivity contribution in [3.8, 4) is 0 Å². The van der Waals surface area contributed by atoms with Crippen molar-refractivity contribution in [3.63, 3.8) is 0 Å². The van der Waals surface area contributed by atoms with E-state index in [4.69, 9.17) is 5.11 Å². The van der Waals surface area contributed by atoms with Gasteiger partial charge in [0.25, 0.3) is 0 Å². The molecule has 0 aliphatic rings. The smallest absolute Gasteiger partial charge is 0.326 e. The fraction of sp³-hybridized carbons (Fsp3) is 0.615. The molecule has 112 valence electrons. The van der Waals surface area contributed by atoms with Crippen LogP contribution in [0.25, 0.3) is 0 Å². The van der Waals surface area contributed by atoms with Crippen LogP contribution < -0.4 is 10.6 Å². The maximum Gasteiger partial charge on any atom is 0.326 e. The molecule has 3 N–H and O–H groups in total. The summed E-state index contributed by atoms with van der Waals surface area (Å²) in [6.45, 7) is 7.33. The molecule has 0 fully saturated rings. The first kappa shape index (κ1) is 16.4. The summed E-state index contributed by atoms with van der Waals surface area (Å²) < 4.78 is 0. The van der Waals surface area contributed by atoms with Gasteiger partial charge in [0.1, 0.15) is 11.0 Å². The molecule has 1 aromatic heterocycles. The number of carboxylic acids is 1. The summed E-state index contributed by atoms with van der Waals surface area (Å²) in [6, 6.07) is -1.40. The van der Waals surface area contributed by atoms with Crippen LogP contribution in [0.3, 0.4) is 0 Å². The number of hydrogen-bond donors (Lipinski definition) is 3. The highest BCUT2D eigenvalue weighted by atomic mass is 32.1. The van der Waals surface area contributed by atoms with Crippen LogP contribution in [0.15, 0.2) is 11.6 Å². The predicted octanol–water partition coefficient (Wildman–Crippen LogP) is 2.18. The molecule has 0 saturated carbocycles. The summed E-state index contributed by atoms with van der Waals surface area (Å²) in [5, 5.41) is 17.0. The second-order valence-corrected chi connectivity index (χ2v) is 6.16. The van der Waals surface area contributed by atoms with Crippen LogP contribution >= 0.6 is 11.3 Å². The molecular formula is C13H21N3O3S. The Balaban J connectivity index is 2.69. The maximum absolute atomic E-state index is 12.0. The summed E-state index contributed by atoms with van der Waals surface area (Å²) in [6.07, 6.45) is 2.34. The van der Waals surface area contributed by atoms with Crippen molar-refractivity contribution >= 4 is 23.3 Å². The summed E-state index contributed by atoms with van der Waals surface area (Å²) in [7, 11) is 0. The van der Waals surface area contributed by atoms with Crippen molar-refractivity contribution < 1.29 is 14.7 Å². The van der Waals surface area contributed by atoms with Gasteiger partial charge in [-0.25, -0.2) is 14.6 Å². The first-order valence-electron chi connectivity index (χ1n) is 6.49. The molecule has 0 spiro atoms. The molecule has 6 nitrogen and oxygen atoms in total. The Morgan fingerprint density at radius 3 is 2.60 bits per heavy atom. The van der Waals surface area contributed by atoms with E-state index in [0.29, 0.717) is 6.42 Å². The lowest BCUT2D eigenvalue weighted by molar-refractivity contribution is -0.140. The summed E-state index contributed by atoms with van der Waals surface area (Å²) in [4.78, 5) is 27.3. The molecular weight excluding hydrogens is 278 g/mol. The van der Waals surface area contributed by atoms with Gasteiger partial charge in [0.05, 0.1) is 5.54 Å². The minimum Gasteiger partial charge on any atom is -0.480 e. The van der Waals surface area contributed by atoms with Crippen molar-refractivity contribution in [1.82, 2.24) is 15.6 Å². The number of aromatic nitrogens is 1. The van der Waals surface area contributed by atoms with E-state index in [-0.39, 0.29) is 5.92 Å². The largest absolute Gasteiger partial charge is 0.480 e. The molecule has 2 atom stereocenters. The van der Waals surface area contributed by atoms with E-state index >= 15 is 0 Å². The third kappa shape index (κ3) is 4.19. The van der Waals surface area contributed by atoms with Crippen LogP contribution in [-0.2, 0) is 10.3 Å². The van der Waals surface area contributed by atoms with Gasteiger partial charge in [-0.15, -0.1) is 11.3 Å². The van der Waals surface area contributed by atoms with Gasteiger partial charge in [-0.1, -0.05) is 20.3 Å². The van der Waals surface area contributed by atoms with Crippen molar-refractivity contribution in [1.29, 1.82) is 0 Å².